The minimum absolute atomic E-state index is 0.148. The number of benzene rings is 1. The molecule has 1 aliphatic heterocycles. The second kappa shape index (κ2) is 6.03. The van der Waals surface area contributed by atoms with Crippen molar-refractivity contribution in [2.24, 2.45) is 11.3 Å². The SMILES string of the molecule is O=CC1(C2CC(=O)N(Cc3ccccc3)C2=O)CCCCC1. The zero-order valence-corrected chi connectivity index (χ0v) is 12.7. The van der Waals surface area contributed by atoms with Gasteiger partial charge in [0.25, 0.3) is 0 Å². The fourth-order valence-corrected chi connectivity index (χ4v) is 3.82. The Morgan fingerprint density at radius 1 is 1.09 bits per heavy atom. The fraction of sp³-hybridized carbons (Fsp3) is 0.500. The third-order valence-electron chi connectivity index (χ3n) is 5.14. The van der Waals surface area contributed by atoms with E-state index in [0.717, 1.165) is 44.0 Å². The summed E-state index contributed by atoms with van der Waals surface area (Å²) in [4.78, 5) is 38.1. The van der Waals surface area contributed by atoms with Crippen molar-refractivity contribution in [2.45, 2.75) is 45.1 Å². The van der Waals surface area contributed by atoms with Crippen molar-refractivity contribution < 1.29 is 14.4 Å². The third kappa shape index (κ3) is 2.58. The average Bonchev–Trinajstić information content (AvgIpc) is 2.85. The van der Waals surface area contributed by atoms with Crippen molar-refractivity contribution in [3.8, 4) is 0 Å². The van der Waals surface area contributed by atoms with Gasteiger partial charge in [-0.05, 0) is 18.4 Å². The van der Waals surface area contributed by atoms with E-state index in [1.165, 1.54) is 4.90 Å². The van der Waals surface area contributed by atoms with Gasteiger partial charge in [0.2, 0.25) is 11.8 Å². The molecule has 3 rings (SSSR count). The Morgan fingerprint density at radius 3 is 2.41 bits per heavy atom. The van der Waals surface area contributed by atoms with E-state index >= 15 is 0 Å². The summed E-state index contributed by atoms with van der Waals surface area (Å²) in [5.41, 5.74) is 0.324. The van der Waals surface area contributed by atoms with Crippen molar-refractivity contribution in [2.75, 3.05) is 0 Å². The van der Waals surface area contributed by atoms with Crippen molar-refractivity contribution in [3.63, 3.8) is 0 Å². The zero-order chi connectivity index (χ0) is 15.6. The third-order valence-corrected chi connectivity index (χ3v) is 5.14. The lowest BCUT2D eigenvalue weighted by Crippen LogP contribution is -2.40. The highest BCUT2D eigenvalue weighted by Crippen LogP contribution is 2.45. The van der Waals surface area contributed by atoms with Crippen molar-refractivity contribution in [1.29, 1.82) is 0 Å². The average molecular weight is 299 g/mol. The maximum atomic E-state index is 12.7. The molecule has 0 N–H and O–H groups in total. The molecule has 0 aromatic heterocycles. The number of amides is 2. The summed E-state index contributed by atoms with van der Waals surface area (Å²) in [6.45, 7) is 0.309. The second-order valence-electron chi connectivity index (χ2n) is 6.47. The van der Waals surface area contributed by atoms with E-state index in [2.05, 4.69) is 0 Å². The van der Waals surface area contributed by atoms with Gasteiger partial charge in [-0.3, -0.25) is 14.5 Å². The molecule has 1 aromatic carbocycles. The maximum absolute atomic E-state index is 12.7. The Kier molecular flexibility index (Phi) is 4.10. The summed E-state index contributed by atoms with van der Waals surface area (Å²) < 4.78 is 0. The van der Waals surface area contributed by atoms with Crippen LogP contribution in [0.25, 0.3) is 0 Å². The number of carbonyl (C=O) groups is 3. The lowest BCUT2D eigenvalue weighted by Gasteiger charge is -2.35. The molecule has 22 heavy (non-hydrogen) atoms. The van der Waals surface area contributed by atoms with Crippen LogP contribution in [0.5, 0.6) is 0 Å². The molecule has 0 bridgehead atoms. The molecular formula is C18H21NO3. The van der Waals surface area contributed by atoms with E-state index < -0.39 is 11.3 Å². The van der Waals surface area contributed by atoms with Gasteiger partial charge in [-0.1, -0.05) is 49.6 Å². The maximum Gasteiger partial charge on any atom is 0.234 e. The molecule has 0 radical (unpaired) electrons. The predicted octanol–water partition coefficient (Wildman–Crippen LogP) is 2.71. The minimum Gasteiger partial charge on any atom is -0.303 e. The number of imide groups is 1. The number of hydrogen-bond donors (Lipinski definition) is 0. The Bertz CT molecular complexity index is 575. The molecule has 0 spiro atoms. The molecule has 1 unspecified atom stereocenters. The number of carbonyl (C=O) groups excluding carboxylic acids is 3. The van der Waals surface area contributed by atoms with E-state index in [9.17, 15) is 14.4 Å². The van der Waals surface area contributed by atoms with Gasteiger partial charge in [0.15, 0.2) is 0 Å². The molecule has 1 heterocycles. The topological polar surface area (TPSA) is 54.5 Å². The Hall–Kier alpha value is -1.97. The van der Waals surface area contributed by atoms with Crippen molar-refractivity contribution in [3.05, 3.63) is 35.9 Å². The van der Waals surface area contributed by atoms with Gasteiger partial charge in [0.1, 0.15) is 6.29 Å². The molecule has 4 heteroatoms. The Morgan fingerprint density at radius 2 is 1.77 bits per heavy atom. The molecule has 1 atom stereocenters. The van der Waals surface area contributed by atoms with Gasteiger partial charge in [0.05, 0.1) is 12.5 Å². The molecule has 1 aromatic rings. The van der Waals surface area contributed by atoms with Crippen LogP contribution in [0, 0.1) is 11.3 Å². The van der Waals surface area contributed by atoms with E-state index in [0.29, 0.717) is 6.54 Å². The highest BCUT2D eigenvalue weighted by molar-refractivity contribution is 6.05. The minimum atomic E-state index is -0.615. The quantitative estimate of drug-likeness (QED) is 0.634. The molecule has 1 aliphatic carbocycles. The normalized spacial score (nSPS) is 24.5. The van der Waals surface area contributed by atoms with Crippen LogP contribution in [-0.2, 0) is 20.9 Å². The summed E-state index contributed by atoms with van der Waals surface area (Å²) in [7, 11) is 0. The van der Waals surface area contributed by atoms with Crippen LogP contribution in [0.4, 0.5) is 0 Å². The van der Waals surface area contributed by atoms with E-state index in [1.54, 1.807) is 0 Å². The first kappa shape index (κ1) is 14.9. The van der Waals surface area contributed by atoms with Crippen LogP contribution in [-0.4, -0.2) is 23.0 Å². The molecule has 2 aliphatic rings. The molecule has 2 amide bonds. The molecule has 4 nitrogen and oxygen atoms in total. The summed E-state index contributed by atoms with van der Waals surface area (Å²) in [6, 6.07) is 9.51. The van der Waals surface area contributed by atoms with Gasteiger partial charge in [-0.15, -0.1) is 0 Å². The monoisotopic (exact) mass is 299 g/mol. The van der Waals surface area contributed by atoms with E-state index in [1.807, 2.05) is 30.3 Å². The van der Waals surface area contributed by atoms with Crippen LogP contribution < -0.4 is 0 Å². The zero-order valence-electron chi connectivity index (χ0n) is 12.7. The molecule has 1 saturated heterocycles. The highest BCUT2D eigenvalue weighted by Gasteiger charge is 2.51. The van der Waals surface area contributed by atoms with Crippen molar-refractivity contribution in [1.82, 2.24) is 4.90 Å². The number of nitrogens with zero attached hydrogens (tertiary/aromatic N) is 1. The first-order chi connectivity index (χ1) is 10.7. The second-order valence-corrected chi connectivity index (χ2v) is 6.47. The highest BCUT2D eigenvalue weighted by atomic mass is 16.2. The van der Waals surface area contributed by atoms with Crippen molar-refractivity contribution >= 4 is 18.1 Å². The summed E-state index contributed by atoms with van der Waals surface area (Å²) >= 11 is 0. The number of likely N-dealkylation sites (tertiary alicyclic amines) is 1. The first-order valence-corrected chi connectivity index (χ1v) is 8.01. The van der Waals surface area contributed by atoms with E-state index in [4.69, 9.17) is 0 Å². The van der Waals surface area contributed by atoms with Crippen LogP contribution in [0.2, 0.25) is 0 Å². The Balaban J connectivity index is 1.80. The molecular weight excluding hydrogens is 278 g/mol. The smallest absolute Gasteiger partial charge is 0.234 e. The first-order valence-electron chi connectivity index (χ1n) is 8.01. The molecule has 1 saturated carbocycles. The van der Waals surface area contributed by atoms with Gasteiger partial charge in [0, 0.05) is 11.8 Å². The lowest BCUT2D eigenvalue weighted by atomic mass is 9.66. The van der Waals surface area contributed by atoms with Gasteiger partial charge >= 0.3 is 0 Å². The van der Waals surface area contributed by atoms with Gasteiger partial charge < -0.3 is 4.79 Å². The molecule has 2 fully saturated rings. The number of rotatable bonds is 4. The standard InChI is InChI=1S/C18H21NO3/c20-13-18(9-5-2-6-10-18)15-11-16(21)19(17(15)22)12-14-7-3-1-4-8-14/h1,3-4,7-8,13,15H,2,5-6,9-12H2. The summed E-state index contributed by atoms with van der Waals surface area (Å²) in [6.07, 6.45) is 5.65. The van der Waals surface area contributed by atoms with Crippen LogP contribution >= 0.6 is 0 Å². The predicted molar refractivity (Wildman–Crippen MR) is 81.7 cm³/mol. The molecule has 116 valence electrons. The largest absolute Gasteiger partial charge is 0.303 e. The van der Waals surface area contributed by atoms with Crippen LogP contribution in [0.1, 0.15) is 44.1 Å². The summed E-state index contributed by atoms with van der Waals surface area (Å²) in [5, 5.41) is 0. The Labute approximate surface area is 130 Å². The van der Waals surface area contributed by atoms with Gasteiger partial charge in [-0.2, -0.15) is 0 Å². The van der Waals surface area contributed by atoms with Crippen LogP contribution in [0.15, 0.2) is 30.3 Å². The number of aldehydes is 1. The number of hydrogen-bond acceptors (Lipinski definition) is 3. The van der Waals surface area contributed by atoms with Crippen LogP contribution in [0.3, 0.4) is 0 Å². The van der Waals surface area contributed by atoms with Gasteiger partial charge in [-0.25, -0.2) is 0 Å². The van der Waals surface area contributed by atoms with E-state index in [-0.39, 0.29) is 18.2 Å². The lowest BCUT2D eigenvalue weighted by molar-refractivity contribution is -0.143. The fourth-order valence-electron chi connectivity index (χ4n) is 3.82. The summed E-state index contributed by atoms with van der Waals surface area (Å²) in [5.74, 6) is -0.769.